The Morgan fingerprint density at radius 3 is 2.34 bits per heavy atom. The maximum absolute atomic E-state index is 12.9. The van der Waals surface area contributed by atoms with Crippen molar-refractivity contribution in [1.82, 2.24) is 24.3 Å². The molecule has 0 bridgehead atoms. The van der Waals surface area contributed by atoms with Crippen molar-refractivity contribution in [3.05, 3.63) is 81.6 Å². The first kappa shape index (κ1) is 20.8. The third-order valence-electron chi connectivity index (χ3n) is 6.04. The van der Waals surface area contributed by atoms with Crippen LogP contribution in [-0.4, -0.2) is 56.4 Å². The lowest BCUT2D eigenvalue weighted by Crippen LogP contribution is -2.48. The highest BCUT2D eigenvalue weighted by atomic mass is 32.1. The fourth-order valence-electron chi connectivity index (χ4n) is 4.37. The van der Waals surface area contributed by atoms with Crippen LogP contribution in [0.4, 0.5) is 0 Å². The van der Waals surface area contributed by atoms with Gasteiger partial charge >= 0.3 is 0 Å². The SMILES string of the molecule is Cc1nc(C)c(C(=O)N2CCN(Cc3nc4ccccc4n3Cc3ccccc3)CC2)s1. The Labute approximate surface area is 192 Å². The molecule has 4 aromatic rings. The number of fused-ring (bicyclic) bond motifs is 1. The molecular formula is C25H27N5OS. The summed E-state index contributed by atoms with van der Waals surface area (Å²) in [5, 5.41) is 0.946. The number of para-hydroxylation sites is 2. The number of amides is 1. The minimum atomic E-state index is 0.115. The van der Waals surface area contributed by atoms with Crippen molar-refractivity contribution in [3.63, 3.8) is 0 Å². The van der Waals surface area contributed by atoms with Gasteiger partial charge in [0.1, 0.15) is 10.7 Å². The predicted octanol–water partition coefficient (Wildman–Crippen LogP) is 4.12. The van der Waals surface area contributed by atoms with Crippen molar-refractivity contribution in [2.45, 2.75) is 26.9 Å². The largest absolute Gasteiger partial charge is 0.335 e. The van der Waals surface area contributed by atoms with Crippen molar-refractivity contribution in [2.24, 2.45) is 0 Å². The minimum absolute atomic E-state index is 0.115. The van der Waals surface area contributed by atoms with Crippen LogP contribution in [0.3, 0.4) is 0 Å². The predicted molar refractivity (Wildman–Crippen MR) is 128 cm³/mol. The van der Waals surface area contributed by atoms with Crippen molar-refractivity contribution in [1.29, 1.82) is 0 Å². The van der Waals surface area contributed by atoms with Gasteiger partial charge in [0.25, 0.3) is 5.91 Å². The van der Waals surface area contributed by atoms with Crippen LogP contribution >= 0.6 is 11.3 Å². The number of imidazole rings is 1. The van der Waals surface area contributed by atoms with Crippen LogP contribution in [0.1, 0.15) is 31.8 Å². The van der Waals surface area contributed by atoms with Crippen LogP contribution < -0.4 is 0 Å². The molecule has 2 aromatic heterocycles. The molecule has 164 valence electrons. The monoisotopic (exact) mass is 445 g/mol. The number of carbonyl (C=O) groups is 1. The number of rotatable bonds is 5. The molecule has 0 unspecified atom stereocenters. The molecule has 0 saturated carbocycles. The average molecular weight is 446 g/mol. The first-order chi connectivity index (χ1) is 15.6. The number of carbonyl (C=O) groups excluding carboxylic acids is 1. The van der Waals surface area contributed by atoms with Crippen LogP contribution in [0.5, 0.6) is 0 Å². The van der Waals surface area contributed by atoms with Gasteiger partial charge in [-0.1, -0.05) is 42.5 Å². The number of thiazole rings is 1. The molecular weight excluding hydrogens is 418 g/mol. The topological polar surface area (TPSA) is 54.3 Å². The van der Waals surface area contributed by atoms with Crippen LogP contribution in [-0.2, 0) is 13.1 Å². The van der Waals surface area contributed by atoms with Crippen LogP contribution in [0.15, 0.2) is 54.6 Å². The summed E-state index contributed by atoms with van der Waals surface area (Å²) in [7, 11) is 0. The summed E-state index contributed by atoms with van der Waals surface area (Å²) >= 11 is 1.50. The highest BCUT2D eigenvalue weighted by molar-refractivity contribution is 7.13. The molecule has 5 rings (SSSR count). The van der Waals surface area contributed by atoms with E-state index in [1.165, 1.54) is 16.9 Å². The summed E-state index contributed by atoms with van der Waals surface area (Å²) < 4.78 is 2.33. The van der Waals surface area contributed by atoms with Crippen molar-refractivity contribution in [2.75, 3.05) is 26.2 Å². The maximum atomic E-state index is 12.9. The lowest BCUT2D eigenvalue weighted by Gasteiger charge is -2.34. The van der Waals surface area contributed by atoms with Gasteiger partial charge in [-0.05, 0) is 31.5 Å². The van der Waals surface area contributed by atoms with Crippen LogP contribution in [0.2, 0.25) is 0 Å². The van der Waals surface area contributed by atoms with Crippen LogP contribution in [0.25, 0.3) is 11.0 Å². The molecule has 6 nitrogen and oxygen atoms in total. The lowest BCUT2D eigenvalue weighted by atomic mass is 10.2. The van der Waals surface area contributed by atoms with Gasteiger partial charge in [-0.15, -0.1) is 11.3 Å². The highest BCUT2D eigenvalue weighted by Crippen LogP contribution is 2.22. The van der Waals surface area contributed by atoms with Gasteiger partial charge in [-0.3, -0.25) is 9.69 Å². The number of aryl methyl sites for hydroxylation is 2. The zero-order chi connectivity index (χ0) is 22.1. The molecule has 3 heterocycles. The number of benzene rings is 2. The van der Waals surface area contributed by atoms with Gasteiger partial charge in [0.15, 0.2) is 0 Å². The van der Waals surface area contributed by atoms with Crippen molar-refractivity contribution in [3.8, 4) is 0 Å². The number of piperazine rings is 1. The Morgan fingerprint density at radius 1 is 0.906 bits per heavy atom. The van der Waals surface area contributed by atoms with E-state index in [1.54, 1.807) is 0 Å². The molecule has 0 spiro atoms. The van der Waals surface area contributed by atoms with E-state index in [4.69, 9.17) is 4.98 Å². The molecule has 0 N–H and O–H groups in total. The minimum Gasteiger partial charge on any atom is -0.335 e. The van der Waals surface area contributed by atoms with Gasteiger partial charge < -0.3 is 9.47 Å². The maximum Gasteiger partial charge on any atom is 0.265 e. The molecule has 0 atom stereocenters. The smallest absolute Gasteiger partial charge is 0.265 e. The Balaban J connectivity index is 1.31. The molecule has 32 heavy (non-hydrogen) atoms. The zero-order valence-corrected chi connectivity index (χ0v) is 19.3. The van der Waals surface area contributed by atoms with E-state index in [0.29, 0.717) is 0 Å². The Kier molecular flexibility index (Phi) is 5.76. The molecule has 0 radical (unpaired) electrons. The van der Waals surface area contributed by atoms with E-state index in [-0.39, 0.29) is 5.91 Å². The standard InChI is InChI=1S/C25H27N5OS/c1-18-24(32-19(2)26-18)25(31)29-14-12-28(13-15-29)17-23-27-21-10-6-7-11-22(21)30(23)16-20-8-4-3-5-9-20/h3-11H,12-17H2,1-2H3. The summed E-state index contributed by atoms with van der Waals surface area (Å²) in [5.41, 5.74) is 4.30. The summed E-state index contributed by atoms with van der Waals surface area (Å²) in [6.07, 6.45) is 0. The zero-order valence-electron chi connectivity index (χ0n) is 18.5. The van der Waals surface area contributed by atoms with E-state index in [9.17, 15) is 4.79 Å². The second-order valence-corrected chi connectivity index (χ2v) is 9.51. The molecule has 1 fully saturated rings. The van der Waals surface area contributed by atoms with Crippen LogP contribution in [0, 0.1) is 13.8 Å². The summed E-state index contributed by atoms with van der Waals surface area (Å²) in [4.78, 5) is 27.4. The second kappa shape index (κ2) is 8.84. The van der Waals surface area contributed by atoms with Crippen molar-refractivity contribution >= 4 is 28.3 Å². The van der Waals surface area contributed by atoms with E-state index in [0.717, 1.165) is 71.7 Å². The van der Waals surface area contributed by atoms with Gasteiger partial charge in [-0.25, -0.2) is 9.97 Å². The van der Waals surface area contributed by atoms with Crippen molar-refractivity contribution < 1.29 is 4.79 Å². The number of hydrogen-bond acceptors (Lipinski definition) is 5. The van der Waals surface area contributed by atoms with Gasteiger partial charge in [-0.2, -0.15) is 0 Å². The molecule has 1 saturated heterocycles. The Hall–Kier alpha value is -3.03. The fraction of sp³-hybridized carbons (Fsp3) is 0.320. The molecule has 0 aliphatic carbocycles. The summed E-state index contributed by atoms with van der Waals surface area (Å²) in [6, 6.07) is 18.9. The molecule has 2 aromatic carbocycles. The van der Waals surface area contributed by atoms with E-state index in [1.807, 2.05) is 30.9 Å². The number of aromatic nitrogens is 3. The fourth-order valence-corrected chi connectivity index (χ4v) is 5.26. The first-order valence-corrected chi connectivity index (χ1v) is 11.8. The summed E-state index contributed by atoms with van der Waals surface area (Å²) in [6.45, 7) is 8.61. The summed E-state index contributed by atoms with van der Waals surface area (Å²) in [5.74, 6) is 1.19. The number of hydrogen-bond donors (Lipinski definition) is 0. The molecule has 1 amide bonds. The average Bonchev–Trinajstić information content (AvgIpc) is 3.33. The molecule has 1 aliphatic rings. The lowest BCUT2D eigenvalue weighted by molar-refractivity contribution is 0.0628. The van der Waals surface area contributed by atoms with Gasteiger partial charge in [0, 0.05) is 32.7 Å². The Bertz CT molecular complexity index is 1240. The quantitative estimate of drug-likeness (QED) is 0.464. The van der Waals surface area contributed by atoms with E-state index >= 15 is 0 Å². The highest BCUT2D eigenvalue weighted by Gasteiger charge is 2.26. The van der Waals surface area contributed by atoms with E-state index < -0.39 is 0 Å². The molecule has 7 heteroatoms. The van der Waals surface area contributed by atoms with Gasteiger partial charge in [0.2, 0.25) is 0 Å². The second-order valence-electron chi connectivity index (χ2n) is 8.30. The third-order valence-corrected chi connectivity index (χ3v) is 7.10. The van der Waals surface area contributed by atoms with Gasteiger partial charge in [0.05, 0.1) is 28.3 Å². The number of nitrogens with zero attached hydrogens (tertiary/aromatic N) is 5. The Morgan fingerprint density at radius 2 is 1.62 bits per heavy atom. The molecule has 1 aliphatic heterocycles. The van der Waals surface area contributed by atoms with E-state index in [2.05, 4.69) is 56.9 Å². The third kappa shape index (κ3) is 4.18. The normalized spacial score (nSPS) is 14.9. The first-order valence-electron chi connectivity index (χ1n) is 11.0.